The summed E-state index contributed by atoms with van der Waals surface area (Å²) in [6.07, 6.45) is 1.64. The number of ether oxygens (including phenoxy) is 3. The Morgan fingerprint density at radius 3 is 2.52 bits per heavy atom. The summed E-state index contributed by atoms with van der Waals surface area (Å²) < 4.78 is 18.6. The van der Waals surface area contributed by atoms with E-state index in [9.17, 15) is 5.26 Å². The van der Waals surface area contributed by atoms with Crippen LogP contribution in [-0.4, -0.2) is 24.0 Å². The van der Waals surface area contributed by atoms with E-state index in [0.717, 1.165) is 35.3 Å². The second-order valence-corrected chi connectivity index (χ2v) is 7.20. The summed E-state index contributed by atoms with van der Waals surface area (Å²) in [5.74, 6) is 1.38. The van der Waals surface area contributed by atoms with Crippen LogP contribution in [-0.2, 0) is 6.42 Å². The van der Waals surface area contributed by atoms with Gasteiger partial charge < -0.3 is 19.9 Å². The highest BCUT2D eigenvalue weighted by Crippen LogP contribution is 2.46. The molecule has 0 saturated carbocycles. The molecule has 0 radical (unpaired) electrons. The maximum absolute atomic E-state index is 9.94. The van der Waals surface area contributed by atoms with E-state index >= 15 is 0 Å². The molecular formula is C24H24N4O3. The van der Waals surface area contributed by atoms with Crippen LogP contribution in [0.3, 0.4) is 0 Å². The average Bonchev–Trinajstić information content (AvgIpc) is 3.16. The molecule has 0 fully saturated rings. The minimum atomic E-state index is -0.424. The van der Waals surface area contributed by atoms with E-state index in [1.807, 2.05) is 48.5 Å². The number of aryl methyl sites for hydroxylation is 1. The molecule has 1 aliphatic rings. The first kappa shape index (κ1) is 20.4. The number of fused-ring (bicyclic) bond motifs is 1. The van der Waals surface area contributed by atoms with Gasteiger partial charge in [0.2, 0.25) is 11.8 Å². The molecular weight excluding hydrogens is 392 g/mol. The third kappa shape index (κ3) is 3.46. The zero-order valence-electron chi connectivity index (χ0n) is 17.8. The van der Waals surface area contributed by atoms with Crippen molar-refractivity contribution >= 4 is 0 Å². The molecule has 0 saturated heterocycles. The molecule has 158 valence electrons. The summed E-state index contributed by atoms with van der Waals surface area (Å²) >= 11 is 0. The Morgan fingerprint density at radius 1 is 1.13 bits per heavy atom. The number of para-hydroxylation sites is 1. The Kier molecular flexibility index (Phi) is 5.54. The van der Waals surface area contributed by atoms with Crippen LogP contribution < -0.4 is 19.9 Å². The van der Waals surface area contributed by atoms with Crippen molar-refractivity contribution in [1.82, 2.24) is 9.78 Å². The monoisotopic (exact) mass is 416 g/mol. The minimum Gasteiger partial charge on any atom is -0.493 e. The van der Waals surface area contributed by atoms with Crippen molar-refractivity contribution in [3.63, 3.8) is 0 Å². The third-order valence-electron chi connectivity index (χ3n) is 5.35. The van der Waals surface area contributed by atoms with Crippen molar-refractivity contribution in [3.05, 3.63) is 76.8 Å². The summed E-state index contributed by atoms with van der Waals surface area (Å²) in [6, 6.07) is 17.6. The first-order chi connectivity index (χ1) is 15.1. The number of benzene rings is 2. The molecule has 0 aliphatic carbocycles. The van der Waals surface area contributed by atoms with Crippen molar-refractivity contribution in [2.45, 2.75) is 25.7 Å². The maximum atomic E-state index is 9.94. The van der Waals surface area contributed by atoms with Gasteiger partial charge in [-0.1, -0.05) is 37.6 Å². The van der Waals surface area contributed by atoms with Crippen LogP contribution in [0, 0.1) is 11.3 Å². The third-order valence-corrected chi connectivity index (χ3v) is 5.35. The van der Waals surface area contributed by atoms with Gasteiger partial charge in [-0.25, -0.2) is 4.68 Å². The average molecular weight is 416 g/mol. The molecule has 7 heteroatoms. The molecule has 1 aliphatic heterocycles. The summed E-state index contributed by atoms with van der Waals surface area (Å²) in [5, 5.41) is 14.8. The lowest BCUT2D eigenvalue weighted by Gasteiger charge is -2.25. The van der Waals surface area contributed by atoms with E-state index in [0.29, 0.717) is 23.0 Å². The van der Waals surface area contributed by atoms with Crippen molar-refractivity contribution in [2.24, 2.45) is 5.73 Å². The van der Waals surface area contributed by atoms with Gasteiger partial charge in [0, 0.05) is 0 Å². The number of hydrogen-bond donors (Lipinski definition) is 1. The van der Waals surface area contributed by atoms with E-state index in [2.05, 4.69) is 13.0 Å². The second kappa shape index (κ2) is 8.44. The SMILES string of the molecule is CCCc1nn(-c2ccccc2)c2c1[C@H](c1ccc(OC)c(OC)c1)C(C#N)=C(N)O2. The Hall–Kier alpha value is -3.92. The molecule has 31 heavy (non-hydrogen) atoms. The topological polar surface area (TPSA) is 95.3 Å². The molecule has 7 nitrogen and oxygen atoms in total. The van der Waals surface area contributed by atoms with E-state index < -0.39 is 5.92 Å². The van der Waals surface area contributed by atoms with Crippen molar-refractivity contribution in [1.29, 1.82) is 5.26 Å². The summed E-state index contributed by atoms with van der Waals surface area (Å²) in [7, 11) is 3.17. The molecule has 0 bridgehead atoms. The van der Waals surface area contributed by atoms with Gasteiger partial charge >= 0.3 is 0 Å². The van der Waals surface area contributed by atoms with Crippen molar-refractivity contribution < 1.29 is 14.2 Å². The smallest absolute Gasteiger partial charge is 0.229 e. The Morgan fingerprint density at radius 2 is 1.87 bits per heavy atom. The lowest BCUT2D eigenvalue weighted by molar-refractivity contribution is 0.353. The molecule has 4 rings (SSSR count). The van der Waals surface area contributed by atoms with Gasteiger partial charge in [-0.05, 0) is 36.2 Å². The first-order valence-electron chi connectivity index (χ1n) is 10.1. The maximum Gasteiger partial charge on any atom is 0.229 e. The van der Waals surface area contributed by atoms with Gasteiger partial charge in [-0.15, -0.1) is 0 Å². The van der Waals surface area contributed by atoms with Gasteiger partial charge in [0.05, 0.1) is 37.1 Å². The summed E-state index contributed by atoms with van der Waals surface area (Å²) in [4.78, 5) is 0. The first-order valence-corrected chi connectivity index (χ1v) is 10.1. The zero-order chi connectivity index (χ0) is 22.0. The molecule has 0 unspecified atom stereocenters. The number of allylic oxidation sites excluding steroid dienone is 1. The van der Waals surface area contributed by atoms with Crippen molar-refractivity contribution in [2.75, 3.05) is 14.2 Å². The number of rotatable bonds is 6. The van der Waals surface area contributed by atoms with E-state index in [-0.39, 0.29) is 5.88 Å². The Balaban J connectivity index is 1.97. The normalized spacial score (nSPS) is 15.1. The quantitative estimate of drug-likeness (QED) is 0.651. The van der Waals surface area contributed by atoms with E-state index in [1.165, 1.54) is 0 Å². The van der Waals surface area contributed by atoms with Gasteiger partial charge in [-0.3, -0.25) is 0 Å². The molecule has 0 amide bonds. The zero-order valence-corrected chi connectivity index (χ0v) is 17.8. The fourth-order valence-corrected chi connectivity index (χ4v) is 3.94. The minimum absolute atomic E-state index is 0.0786. The number of nitrogens with zero attached hydrogens (tertiary/aromatic N) is 3. The van der Waals surface area contributed by atoms with Crippen LogP contribution in [0.1, 0.15) is 36.1 Å². The highest BCUT2D eigenvalue weighted by molar-refractivity contribution is 5.59. The van der Waals surface area contributed by atoms with E-state index in [1.54, 1.807) is 18.9 Å². The molecule has 2 aromatic carbocycles. The number of methoxy groups -OCH3 is 2. The standard InChI is InChI=1S/C24H24N4O3/c1-4-8-18-22-21(15-11-12-19(29-2)20(13-15)30-3)17(14-25)23(26)31-24(22)28(27-18)16-9-6-5-7-10-16/h5-7,9-13,21H,4,8,26H2,1-3H3/t21-/m1/s1. The largest absolute Gasteiger partial charge is 0.493 e. The predicted molar refractivity (Wildman–Crippen MR) is 116 cm³/mol. The second-order valence-electron chi connectivity index (χ2n) is 7.20. The molecule has 2 heterocycles. The fourth-order valence-electron chi connectivity index (χ4n) is 3.94. The molecule has 3 aromatic rings. The van der Waals surface area contributed by atoms with Crippen LogP contribution in [0.25, 0.3) is 5.69 Å². The fraction of sp³-hybridized carbons (Fsp3) is 0.250. The summed E-state index contributed by atoms with van der Waals surface area (Å²) in [6.45, 7) is 2.10. The van der Waals surface area contributed by atoms with Gasteiger partial charge in [-0.2, -0.15) is 10.4 Å². The Labute approximate surface area is 181 Å². The van der Waals surface area contributed by atoms with Crippen LogP contribution in [0.15, 0.2) is 60.0 Å². The molecule has 1 atom stereocenters. The lowest BCUT2D eigenvalue weighted by atomic mass is 9.83. The Bertz CT molecular complexity index is 1180. The predicted octanol–water partition coefficient (Wildman–Crippen LogP) is 4.06. The number of nitrogens with two attached hydrogens (primary N) is 1. The van der Waals surface area contributed by atoms with Crippen LogP contribution in [0.5, 0.6) is 17.4 Å². The van der Waals surface area contributed by atoms with Gasteiger partial charge in [0.15, 0.2) is 11.5 Å². The number of hydrogen-bond acceptors (Lipinski definition) is 6. The van der Waals surface area contributed by atoms with E-state index in [4.69, 9.17) is 25.0 Å². The number of aromatic nitrogens is 2. The summed E-state index contributed by atoms with van der Waals surface area (Å²) in [5.41, 5.74) is 10.0. The highest BCUT2D eigenvalue weighted by atomic mass is 16.5. The van der Waals surface area contributed by atoms with Gasteiger partial charge in [0.25, 0.3) is 0 Å². The number of nitriles is 1. The van der Waals surface area contributed by atoms with Crippen LogP contribution >= 0.6 is 0 Å². The lowest BCUT2D eigenvalue weighted by Crippen LogP contribution is -2.22. The van der Waals surface area contributed by atoms with Gasteiger partial charge in [0.1, 0.15) is 11.6 Å². The highest BCUT2D eigenvalue weighted by Gasteiger charge is 2.37. The van der Waals surface area contributed by atoms with Crippen LogP contribution in [0.2, 0.25) is 0 Å². The molecule has 1 aromatic heterocycles. The van der Waals surface area contributed by atoms with Crippen molar-refractivity contribution in [3.8, 4) is 29.1 Å². The molecule has 0 spiro atoms. The van der Waals surface area contributed by atoms with Crippen LogP contribution in [0.4, 0.5) is 0 Å². The molecule has 2 N–H and O–H groups in total.